The molecule has 1 aromatic heterocycles. The summed E-state index contributed by atoms with van der Waals surface area (Å²) in [6.45, 7) is 5.52. The fourth-order valence-corrected chi connectivity index (χ4v) is 5.51. The van der Waals surface area contributed by atoms with Crippen molar-refractivity contribution in [2.45, 2.75) is 24.3 Å². The first-order chi connectivity index (χ1) is 19.0. The molecule has 0 radical (unpaired) electrons. The van der Waals surface area contributed by atoms with E-state index in [0.29, 0.717) is 17.0 Å². The Morgan fingerprint density at radius 2 is 1.69 bits per heavy atom. The summed E-state index contributed by atoms with van der Waals surface area (Å²) in [6, 6.07) is 23.2. The third-order valence-corrected chi connectivity index (χ3v) is 7.80. The largest absolute Gasteiger partial charge is 0.367 e. The molecule has 0 atom stereocenters. The number of aromatic nitrogens is 2. The topological polar surface area (TPSA) is 61.4 Å². The lowest BCUT2D eigenvalue weighted by Gasteiger charge is -2.37. The first-order valence-electron chi connectivity index (χ1n) is 12.9. The second-order valence-electron chi connectivity index (χ2n) is 9.23. The van der Waals surface area contributed by atoms with Gasteiger partial charge in [0.2, 0.25) is 0 Å². The highest BCUT2D eigenvalue weighted by molar-refractivity contribution is 7.98. The Morgan fingerprint density at radius 3 is 2.44 bits per heavy atom. The van der Waals surface area contributed by atoms with Gasteiger partial charge in [-0.2, -0.15) is 0 Å². The van der Waals surface area contributed by atoms with Gasteiger partial charge in [0.15, 0.2) is 5.16 Å². The van der Waals surface area contributed by atoms with E-state index >= 15 is 0 Å². The van der Waals surface area contributed by atoms with Gasteiger partial charge in [0.25, 0.3) is 5.91 Å². The molecule has 1 aliphatic heterocycles. The van der Waals surface area contributed by atoms with E-state index in [1.165, 1.54) is 12.1 Å². The smallest absolute Gasteiger partial charge is 0.255 e. The van der Waals surface area contributed by atoms with Crippen molar-refractivity contribution in [1.82, 2.24) is 9.97 Å². The Morgan fingerprint density at radius 1 is 0.949 bits per heavy atom. The lowest BCUT2D eigenvalue weighted by atomic mass is 10.1. The fraction of sp³-hybridized carbons (Fsp3) is 0.233. The van der Waals surface area contributed by atoms with Crippen molar-refractivity contribution in [1.29, 1.82) is 0 Å². The molecular formula is C30H29ClFN5OS. The van der Waals surface area contributed by atoms with Crippen LogP contribution in [0.2, 0.25) is 5.02 Å². The van der Waals surface area contributed by atoms with Crippen molar-refractivity contribution in [3.8, 4) is 0 Å². The number of piperazine rings is 1. The van der Waals surface area contributed by atoms with Gasteiger partial charge >= 0.3 is 0 Å². The molecule has 1 amide bonds. The zero-order valence-corrected chi connectivity index (χ0v) is 23.2. The van der Waals surface area contributed by atoms with E-state index in [4.69, 9.17) is 21.6 Å². The second-order valence-corrected chi connectivity index (χ2v) is 10.6. The zero-order chi connectivity index (χ0) is 27.2. The van der Waals surface area contributed by atoms with Crippen molar-refractivity contribution in [2.75, 3.05) is 41.3 Å². The summed E-state index contributed by atoms with van der Waals surface area (Å²) in [6.07, 6.45) is 0.821. The van der Waals surface area contributed by atoms with Crippen LogP contribution in [0.3, 0.4) is 0 Å². The van der Waals surface area contributed by atoms with Crippen LogP contribution in [0.4, 0.5) is 21.6 Å². The van der Waals surface area contributed by atoms with Gasteiger partial charge in [0.1, 0.15) is 11.6 Å². The lowest BCUT2D eigenvalue weighted by Crippen LogP contribution is -2.47. The summed E-state index contributed by atoms with van der Waals surface area (Å²) in [5.41, 5.74) is 4.15. The summed E-state index contributed by atoms with van der Waals surface area (Å²) in [5, 5.41) is 4.30. The Bertz CT molecular complexity index is 1440. The van der Waals surface area contributed by atoms with E-state index in [-0.39, 0.29) is 11.7 Å². The summed E-state index contributed by atoms with van der Waals surface area (Å²) in [4.78, 5) is 27.0. The number of nitrogens with one attached hydrogen (secondary N) is 1. The Balaban J connectivity index is 1.23. The minimum atomic E-state index is -0.344. The van der Waals surface area contributed by atoms with E-state index in [1.54, 1.807) is 30.0 Å². The van der Waals surface area contributed by atoms with Gasteiger partial charge in [-0.15, -0.1) is 0 Å². The molecule has 5 rings (SSSR count). The number of para-hydroxylation sites is 1. The van der Waals surface area contributed by atoms with Gasteiger partial charge in [-0.3, -0.25) is 4.79 Å². The average molecular weight is 562 g/mol. The third-order valence-electron chi connectivity index (χ3n) is 6.56. The van der Waals surface area contributed by atoms with E-state index in [1.807, 2.05) is 36.4 Å². The van der Waals surface area contributed by atoms with Crippen molar-refractivity contribution >= 4 is 46.5 Å². The zero-order valence-electron chi connectivity index (χ0n) is 21.6. The van der Waals surface area contributed by atoms with Crippen LogP contribution in [-0.4, -0.2) is 42.1 Å². The van der Waals surface area contributed by atoms with Crippen LogP contribution in [0.15, 0.2) is 84.0 Å². The van der Waals surface area contributed by atoms with Crippen molar-refractivity contribution in [2.24, 2.45) is 0 Å². The molecule has 2 heterocycles. The molecule has 0 bridgehead atoms. The maximum absolute atomic E-state index is 13.2. The molecule has 200 valence electrons. The van der Waals surface area contributed by atoms with Crippen molar-refractivity contribution < 1.29 is 9.18 Å². The van der Waals surface area contributed by atoms with Gasteiger partial charge in [0, 0.05) is 54.9 Å². The van der Waals surface area contributed by atoms with E-state index in [2.05, 4.69) is 34.2 Å². The molecule has 0 saturated carbocycles. The lowest BCUT2D eigenvalue weighted by molar-refractivity contribution is 0.102. The summed E-state index contributed by atoms with van der Waals surface area (Å²) in [7, 11) is 0. The SMILES string of the molecule is CCc1cc(N2CCN(c3ccccc3Cl)CC2)nc(SCc2cccc(C(=O)Nc3ccc(F)cc3)c2)n1. The molecule has 1 fully saturated rings. The number of rotatable bonds is 8. The molecule has 1 N–H and O–H groups in total. The molecule has 1 saturated heterocycles. The predicted molar refractivity (Wildman–Crippen MR) is 158 cm³/mol. The number of amides is 1. The van der Waals surface area contributed by atoms with Gasteiger partial charge < -0.3 is 15.1 Å². The highest BCUT2D eigenvalue weighted by Crippen LogP contribution is 2.28. The number of carbonyl (C=O) groups excluding carboxylic acids is 1. The number of halogens is 2. The summed E-state index contributed by atoms with van der Waals surface area (Å²) in [5.74, 6) is 0.986. The number of aryl methyl sites for hydroxylation is 1. The summed E-state index contributed by atoms with van der Waals surface area (Å²) < 4.78 is 13.2. The Labute approximate surface area is 237 Å². The van der Waals surface area contributed by atoms with Gasteiger partial charge in [-0.25, -0.2) is 14.4 Å². The minimum Gasteiger partial charge on any atom is -0.367 e. The number of anilines is 3. The van der Waals surface area contributed by atoms with Crippen molar-refractivity contribution in [3.63, 3.8) is 0 Å². The van der Waals surface area contributed by atoms with Gasteiger partial charge in [0.05, 0.1) is 10.7 Å². The quantitative estimate of drug-likeness (QED) is 0.191. The average Bonchev–Trinajstić information content (AvgIpc) is 2.97. The number of carbonyl (C=O) groups is 1. The van der Waals surface area contributed by atoms with Crippen LogP contribution in [-0.2, 0) is 12.2 Å². The minimum absolute atomic E-state index is 0.240. The summed E-state index contributed by atoms with van der Waals surface area (Å²) >= 11 is 7.97. The number of nitrogens with zero attached hydrogens (tertiary/aromatic N) is 4. The molecule has 0 aliphatic carbocycles. The molecule has 4 aromatic rings. The molecule has 39 heavy (non-hydrogen) atoms. The monoisotopic (exact) mass is 561 g/mol. The van der Waals surface area contributed by atoms with Crippen LogP contribution < -0.4 is 15.1 Å². The van der Waals surface area contributed by atoms with Crippen LogP contribution in [0, 0.1) is 5.82 Å². The van der Waals surface area contributed by atoms with E-state index < -0.39 is 0 Å². The molecular weight excluding hydrogens is 533 g/mol. The molecule has 0 spiro atoms. The van der Waals surface area contributed by atoms with E-state index in [9.17, 15) is 9.18 Å². The highest BCUT2D eigenvalue weighted by Gasteiger charge is 2.21. The first-order valence-corrected chi connectivity index (χ1v) is 14.3. The molecule has 3 aromatic carbocycles. The van der Waals surface area contributed by atoms with Crippen molar-refractivity contribution in [3.05, 3.63) is 107 Å². The standard InChI is InChI=1S/C30H29ClFN5OS/c1-2-24-19-28(37-16-14-36(15-17-37)27-9-4-3-8-26(27)31)35-30(34-24)39-20-21-6-5-7-22(18-21)29(38)33-25-12-10-23(32)11-13-25/h3-13,18-19H,2,14-17,20H2,1H3,(H,33,38). The molecule has 0 unspecified atom stereocenters. The number of thioether (sulfide) groups is 1. The van der Waals surface area contributed by atoms with Gasteiger partial charge in [-0.1, -0.05) is 54.6 Å². The number of hydrogen-bond donors (Lipinski definition) is 1. The molecule has 9 heteroatoms. The van der Waals surface area contributed by atoms with Crippen LogP contribution in [0.1, 0.15) is 28.5 Å². The first kappa shape index (κ1) is 27.0. The fourth-order valence-electron chi connectivity index (χ4n) is 4.44. The second kappa shape index (κ2) is 12.5. The molecule has 1 aliphatic rings. The molecule has 6 nitrogen and oxygen atoms in total. The van der Waals surface area contributed by atoms with Crippen LogP contribution in [0.25, 0.3) is 0 Å². The third kappa shape index (κ3) is 6.88. The predicted octanol–water partition coefficient (Wildman–Crippen LogP) is 6.70. The Kier molecular flexibility index (Phi) is 8.64. The number of hydrogen-bond acceptors (Lipinski definition) is 6. The normalized spacial score (nSPS) is 13.4. The van der Waals surface area contributed by atoms with Gasteiger partial charge in [-0.05, 0) is 60.5 Å². The van der Waals surface area contributed by atoms with Crippen LogP contribution >= 0.6 is 23.4 Å². The maximum atomic E-state index is 13.2. The highest BCUT2D eigenvalue weighted by atomic mass is 35.5. The maximum Gasteiger partial charge on any atom is 0.255 e. The van der Waals surface area contributed by atoms with Crippen LogP contribution in [0.5, 0.6) is 0 Å². The van der Waals surface area contributed by atoms with E-state index in [0.717, 1.165) is 65.5 Å². The Hall–Kier alpha value is -3.62. The number of benzene rings is 3.